The van der Waals surface area contributed by atoms with Crippen molar-refractivity contribution in [2.45, 2.75) is 25.8 Å². The lowest BCUT2D eigenvalue weighted by atomic mass is 10.1. The first kappa shape index (κ1) is 15.8. The number of fused-ring (bicyclic) bond motifs is 1. The van der Waals surface area contributed by atoms with Crippen LogP contribution in [-0.4, -0.2) is 32.8 Å². The molecule has 3 aromatic heterocycles. The molecule has 4 heterocycles. The van der Waals surface area contributed by atoms with Crippen molar-refractivity contribution in [3.63, 3.8) is 0 Å². The number of nitrogen functional groups attached to an aromatic ring is 1. The molecule has 1 atom stereocenters. The number of hydrogen-bond acceptors (Lipinski definition) is 6. The molecule has 0 unspecified atom stereocenters. The van der Waals surface area contributed by atoms with Crippen LogP contribution in [0.4, 0.5) is 5.69 Å². The second-order valence-electron chi connectivity index (χ2n) is 5.69. The van der Waals surface area contributed by atoms with Crippen LogP contribution in [-0.2, 0) is 0 Å². The number of hydrogen-bond donors (Lipinski definition) is 2. The highest BCUT2D eigenvalue weighted by Crippen LogP contribution is 2.32. The van der Waals surface area contributed by atoms with Crippen molar-refractivity contribution >= 4 is 29.1 Å². The molecule has 122 valence electrons. The number of pyridine rings is 1. The van der Waals surface area contributed by atoms with Crippen molar-refractivity contribution in [2.24, 2.45) is 0 Å². The summed E-state index contributed by atoms with van der Waals surface area (Å²) in [5.41, 5.74) is 8.54. The zero-order valence-corrected chi connectivity index (χ0v) is 13.6. The van der Waals surface area contributed by atoms with Crippen LogP contribution in [0.1, 0.15) is 24.7 Å². The second kappa shape index (κ2) is 6.17. The van der Waals surface area contributed by atoms with Gasteiger partial charge in [0.15, 0.2) is 5.82 Å². The van der Waals surface area contributed by atoms with E-state index in [2.05, 4.69) is 31.2 Å². The molecule has 0 spiro atoms. The third-order valence-electron chi connectivity index (χ3n) is 4.21. The van der Waals surface area contributed by atoms with E-state index in [0.29, 0.717) is 29.0 Å². The summed E-state index contributed by atoms with van der Waals surface area (Å²) in [5.74, 6) is 0.997. The number of aromatic nitrogens is 4. The maximum atomic E-state index is 6.31. The number of anilines is 1. The number of nitrogens with one attached hydrogen (secondary N) is 1. The molecule has 4 rings (SSSR count). The van der Waals surface area contributed by atoms with Gasteiger partial charge in [0.05, 0.1) is 11.3 Å². The first-order chi connectivity index (χ1) is 10.7. The highest BCUT2D eigenvalue weighted by Gasteiger charge is 2.20. The fraction of sp³-hybridized carbons (Fsp3) is 0.400. The highest BCUT2D eigenvalue weighted by molar-refractivity contribution is 5.95. The Hall–Kier alpha value is -2.12. The lowest BCUT2D eigenvalue weighted by molar-refractivity contribution is 0.378. The molecule has 1 fully saturated rings. The minimum atomic E-state index is 0. The van der Waals surface area contributed by atoms with Gasteiger partial charge in [0.2, 0.25) is 0 Å². The predicted molar refractivity (Wildman–Crippen MR) is 90.6 cm³/mol. The molecule has 0 aliphatic carbocycles. The van der Waals surface area contributed by atoms with E-state index in [4.69, 9.17) is 10.3 Å². The van der Waals surface area contributed by atoms with E-state index in [1.54, 1.807) is 13.1 Å². The Bertz CT molecular complexity index is 821. The van der Waals surface area contributed by atoms with Crippen LogP contribution >= 0.6 is 12.4 Å². The average Bonchev–Trinajstić information content (AvgIpc) is 3.15. The fourth-order valence-corrected chi connectivity index (χ4v) is 3.07. The van der Waals surface area contributed by atoms with Crippen LogP contribution in [0.15, 0.2) is 23.0 Å². The van der Waals surface area contributed by atoms with E-state index < -0.39 is 0 Å². The number of halogens is 1. The van der Waals surface area contributed by atoms with Gasteiger partial charge < -0.3 is 20.1 Å². The molecule has 1 aliphatic rings. The first-order valence-electron chi connectivity index (χ1n) is 7.50. The van der Waals surface area contributed by atoms with E-state index in [-0.39, 0.29) is 12.4 Å². The van der Waals surface area contributed by atoms with Gasteiger partial charge >= 0.3 is 0 Å². The average molecular weight is 335 g/mol. The molecule has 0 radical (unpaired) electrons. The van der Waals surface area contributed by atoms with E-state index in [0.717, 1.165) is 30.5 Å². The first-order valence-corrected chi connectivity index (χ1v) is 7.50. The molecule has 0 saturated carbocycles. The minimum Gasteiger partial charge on any atom is -0.397 e. The Kier molecular flexibility index (Phi) is 4.23. The van der Waals surface area contributed by atoms with Crippen LogP contribution in [0.2, 0.25) is 0 Å². The molecular weight excluding hydrogens is 316 g/mol. The van der Waals surface area contributed by atoms with Gasteiger partial charge in [-0.05, 0) is 32.4 Å². The summed E-state index contributed by atoms with van der Waals surface area (Å²) < 4.78 is 7.41. The SMILES string of the molecule is Cc1noc(-c2cnc3c(ccn3[C@@H]3CCCNC3)c2N)n1.Cl. The molecule has 0 bridgehead atoms. The van der Waals surface area contributed by atoms with Gasteiger partial charge in [-0.15, -0.1) is 12.4 Å². The summed E-state index contributed by atoms with van der Waals surface area (Å²) >= 11 is 0. The Morgan fingerprint density at radius 1 is 1.43 bits per heavy atom. The third kappa shape index (κ3) is 2.66. The number of aryl methyl sites for hydroxylation is 1. The molecule has 1 aliphatic heterocycles. The number of nitrogens with zero attached hydrogens (tertiary/aromatic N) is 4. The molecule has 3 aromatic rings. The smallest absolute Gasteiger partial charge is 0.261 e. The van der Waals surface area contributed by atoms with E-state index in [1.165, 1.54) is 6.42 Å². The summed E-state index contributed by atoms with van der Waals surface area (Å²) in [4.78, 5) is 8.82. The quantitative estimate of drug-likeness (QED) is 0.746. The number of rotatable bonds is 2. The van der Waals surface area contributed by atoms with Crippen molar-refractivity contribution < 1.29 is 4.52 Å². The normalized spacial score (nSPS) is 18.0. The van der Waals surface area contributed by atoms with Gasteiger partial charge in [0, 0.05) is 30.4 Å². The van der Waals surface area contributed by atoms with E-state index in [1.807, 2.05) is 6.07 Å². The summed E-state index contributed by atoms with van der Waals surface area (Å²) in [6.07, 6.45) is 6.12. The molecule has 23 heavy (non-hydrogen) atoms. The largest absolute Gasteiger partial charge is 0.397 e. The van der Waals surface area contributed by atoms with Crippen LogP contribution in [0.5, 0.6) is 0 Å². The van der Waals surface area contributed by atoms with Crippen LogP contribution in [0, 0.1) is 6.92 Å². The van der Waals surface area contributed by atoms with Gasteiger partial charge in [-0.3, -0.25) is 0 Å². The standard InChI is InChI=1S/C15H18N6O.ClH/c1-9-19-15(22-20-9)12-8-18-14-11(13(12)16)4-6-21(14)10-3-2-5-17-7-10;/h4,6,8,10,17H,2-3,5,7H2,1H3,(H2,16,18);1H/t10-;/m1./s1. The van der Waals surface area contributed by atoms with Gasteiger partial charge in [0.25, 0.3) is 5.89 Å². The van der Waals surface area contributed by atoms with E-state index in [9.17, 15) is 0 Å². The summed E-state index contributed by atoms with van der Waals surface area (Å²) in [7, 11) is 0. The Morgan fingerprint density at radius 3 is 3.00 bits per heavy atom. The summed E-state index contributed by atoms with van der Waals surface area (Å²) in [6.45, 7) is 3.84. The Balaban J connectivity index is 0.00000156. The molecule has 7 nitrogen and oxygen atoms in total. The predicted octanol–water partition coefficient (Wildman–Crippen LogP) is 2.32. The van der Waals surface area contributed by atoms with Crippen LogP contribution in [0.25, 0.3) is 22.5 Å². The van der Waals surface area contributed by atoms with Crippen molar-refractivity contribution in [1.82, 2.24) is 25.0 Å². The molecule has 8 heteroatoms. The zero-order chi connectivity index (χ0) is 15.1. The summed E-state index contributed by atoms with van der Waals surface area (Å²) in [5, 5.41) is 8.17. The lowest BCUT2D eigenvalue weighted by Crippen LogP contribution is -2.31. The monoisotopic (exact) mass is 334 g/mol. The Labute approximate surface area is 139 Å². The van der Waals surface area contributed by atoms with Crippen LogP contribution < -0.4 is 11.1 Å². The van der Waals surface area contributed by atoms with Crippen molar-refractivity contribution in [3.05, 3.63) is 24.3 Å². The Morgan fingerprint density at radius 2 is 2.30 bits per heavy atom. The molecule has 3 N–H and O–H groups in total. The van der Waals surface area contributed by atoms with Gasteiger partial charge in [0.1, 0.15) is 5.65 Å². The highest BCUT2D eigenvalue weighted by atomic mass is 35.5. The topological polar surface area (TPSA) is 94.8 Å². The zero-order valence-electron chi connectivity index (χ0n) is 12.8. The minimum absolute atomic E-state index is 0. The van der Waals surface area contributed by atoms with Crippen LogP contribution in [0.3, 0.4) is 0 Å². The van der Waals surface area contributed by atoms with Gasteiger partial charge in [-0.2, -0.15) is 4.98 Å². The van der Waals surface area contributed by atoms with Gasteiger partial charge in [-0.1, -0.05) is 5.16 Å². The van der Waals surface area contributed by atoms with Gasteiger partial charge in [-0.25, -0.2) is 4.98 Å². The second-order valence-corrected chi connectivity index (χ2v) is 5.69. The molecule has 0 amide bonds. The maximum absolute atomic E-state index is 6.31. The van der Waals surface area contributed by atoms with Crippen molar-refractivity contribution in [1.29, 1.82) is 0 Å². The molecule has 1 saturated heterocycles. The summed E-state index contributed by atoms with van der Waals surface area (Å²) in [6, 6.07) is 2.44. The third-order valence-corrected chi connectivity index (χ3v) is 4.21. The van der Waals surface area contributed by atoms with E-state index >= 15 is 0 Å². The van der Waals surface area contributed by atoms with Crippen molar-refractivity contribution in [3.8, 4) is 11.5 Å². The number of piperidine rings is 1. The maximum Gasteiger partial charge on any atom is 0.261 e. The fourth-order valence-electron chi connectivity index (χ4n) is 3.07. The lowest BCUT2D eigenvalue weighted by Gasteiger charge is -2.24. The van der Waals surface area contributed by atoms with Crippen molar-refractivity contribution in [2.75, 3.05) is 18.8 Å². The molecule has 0 aromatic carbocycles. The molecular formula is C15H19ClN6O. The number of nitrogens with two attached hydrogens (primary N) is 1.